The smallest absolute Gasteiger partial charge is 0.0334 e. The number of rotatable bonds is 4. The van der Waals surface area contributed by atoms with E-state index in [-0.39, 0.29) is 0 Å². The molecule has 0 aromatic heterocycles. The van der Waals surface area contributed by atoms with Crippen molar-refractivity contribution in [3.63, 3.8) is 0 Å². The summed E-state index contributed by atoms with van der Waals surface area (Å²) in [6.45, 7) is 17.2. The number of nitrogens with one attached hydrogen (secondary N) is 1. The van der Waals surface area contributed by atoms with Gasteiger partial charge < -0.3 is 5.32 Å². The van der Waals surface area contributed by atoms with Crippen LogP contribution in [0.15, 0.2) is 60.4 Å². The van der Waals surface area contributed by atoms with Gasteiger partial charge in [0.15, 0.2) is 0 Å². The SMILES string of the molecule is C=C/C=C(\C=C/CC(C)(C)C)NC.CC(C)(C)C1=CC=CCC1. The van der Waals surface area contributed by atoms with Crippen LogP contribution in [-0.4, -0.2) is 7.05 Å². The van der Waals surface area contributed by atoms with Crippen LogP contribution in [0.1, 0.15) is 60.8 Å². The van der Waals surface area contributed by atoms with Gasteiger partial charge in [-0.2, -0.15) is 0 Å². The lowest BCUT2D eigenvalue weighted by Gasteiger charge is -2.23. The largest absolute Gasteiger partial charge is 0.388 e. The number of hydrogen-bond donors (Lipinski definition) is 1. The Balaban J connectivity index is 0.000000433. The van der Waals surface area contributed by atoms with E-state index < -0.39 is 0 Å². The standard InChI is InChI=1S/C12H21N.C10H16/c1-6-8-11(13-5)9-7-10-12(2,3)4;1-10(2,3)9-7-5-4-6-8-9/h6-9,13H,1,10H2,2-5H3;4-5,7H,6,8H2,1-3H3/b9-7-,11-8+;. The monoisotopic (exact) mass is 315 g/mol. The molecule has 130 valence electrons. The minimum atomic E-state index is 0.365. The van der Waals surface area contributed by atoms with E-state index in [1.165, 1.54) is 12.8 Å². The molecule has 1 rings (SSSR count). The van der Waals surface area contributed by atoms with Crippen molar-refractivity contribution < 1.29 is 0 Å². The van der Waals surface area contributed by atoms with Crippen LogP contribution in [-0.2, 0) is 0 Å². The van der Waals surface area contributed by atoms with Gasteiger partial charge >= 0.3 is 0 Å². The van der Waals surface area contributed by atoms with E-state index >= 15 is 0 Å². The fraction of sp³-hybridized carbons (Fsp3) is 0.545. The minimum Gasteiger partial charge on any atom is -0.388 e. The maximum Gasteiger partial charge on any atom is 0.0334 e. The van der Waals surface area contributed by atoms with E-state index in [9.17, 15) is 0 Å². The summed E-state index contributed by atoms with van der Waals surface area (Å²) in [5.41, 5.74) is 3.42. The van der Waals surface area contributed by atoms with Gasteiger partial charge in [0.05, 0.1) is 0 Å². The molecule has 1 aliphatic rings. The summed E-state index contributed by atoms with van der Waals surface area (Å²) in [7, 11) is 1.91. The molecule has 0 bridgehead atoms. The van der Waals surface area contributed by atoms with Crippen molar-refractivity contribution in [1.29, 1.82) is 0 Å². The van der Waals surface area contributed by atoms with E-state index in [1.54, 1.807) is 11.6 Å². The maximum absolute atomic E-state index is 3.65. The molecule has 23 heavy (non-hydrogen) atoms. The third-order valence-electron chi connectivity index (χ3n) is 3.59. The van der Waals surface area contributed by atoms with E-state index in [4.69, 9.17) is 0 Å². The molecule has 0 radical (unpaired) electrons. The van der Waals surface area contributed by atoms with Gasteiger partial charge in [0.2, 0.25) is 0 Å². The molecule has 1 nitrogen and oxygen atoms in total. The second-order valence-corrected chi connectivity index (χ2v) is 8.18. The van der Waals surface area contributed by atoms with Crippen LogP contribution in [0.3, 0.4) is 0 Å². The molecule has 0 saturated carbocycles. The first-order chi connectivity index (χ1) is 10.6. The van der Waals surface area contributed by atoms with E-state index in [1.807, 2.05) is 13.1 Å². The summed E-state index contributed by atoms with van der Waals surface area (Å²) in [5.74, 6) is 0. The second-order valence-electron chi connectivity index (χ2n) is 8.18. The summed E-state index contributed by atoms with van der Waals surface area (Å²) in [5, 5.41) is 3.09. The fourth-order valence-electron chi connectivity index (χ4n) is 2.12. The Kier molecular flexibility index (Phi) is 9.64. The molecule has 1 aliphatic carbocycles. The third kappa shape index (κ3) is 11.7. The Bertz CT molecular complexity index is 459. The molecule has 0 unspecified atom stereocenters. The normalized spacial score (nSPS) is 15.8. The number of hydrogen-bond acceptors (Lipinski definition) is 1. The van der Waals surface area contributed by atoms with Gasteiger partial charge in [-0.15, -0.1) is 0 Å². The maximum atomic E-state index is 3.65. The van der Waals surface area contributed by atoms with E-state index in [0.29, 0.717) is 10.8 Å². The zero-order chi connectivity index (χ0) is 17.9. The van der Waals surface area contributed by atoms with Crippen LogP contribution in [0.2, 0.25) is 0 Å². The Labute approximate surface area is 145 Å². The predicted molar refractivity (Wildman–Crippen MR) is 106 cm³/mol. The molecule has 0 saturated heterocycles. The summed E-state index contributed by atoms with van der Waals surface area (Å²) in [6.07, 6.45) is 18.2. The lowest BCUT2D eigenvalue weighted by Crippen LogP contribution is -2.10. The van der Waals surface area contributed by atoms with Crippen LogP contribution < -0.4 is 5.32 Å². The number of allylic oxidation sites excluding steroid dienone is 8. The topological polar surface area (TPSA) is 12.0 Å². The summed E-state index contributed by atoms with van der Waals surface area (Å²) in [6, 6.07) is 0. The molecule has 1 N–H and O–H groups in total. The molecule has 0 amide bonds. The van der Waals surface area contributed by atoms with Crippen molar-refractivity contribution in [3.8, 4) is 0 Å². The Morgan fingerprint density at radius 2 is 1.87 bits per heavy atom. The molecule has 0 aromatic rings. The predicted octanol–water partition coefficient (Wildman–Crippen LogP) is 6.58. The molecule has 0 spiro atoms. The van der Waals surface area contributed by atoms with Crippen molar-refractivity contribution in [2.45, 2.75) is 60.8 Å². The zero-order valence-corrected chi connectivity index (χ0v) is 16.4. The molecular formula is C22H37N. The first-order valence-electron chi connectivity index (χ1n) is 8.63. The van der Waals surface area contributed by atoms with Crippen molar-refractivity contribution >= 4 is 0 Å². The van der Waals surface area contributed by atoms with Crippen molar-refractivity contribution in [1.82, 2.24) is 5.32 Å². The Morgan fingerprint density at radius 3 is 2.22 bits per heavy atom. The van der Waals surface area contributed by atoms with Crippen LogP contribution >= 0.6 is 0 Å². The quantitative estimate of drug-likeness (QED) is 0.578. The summed E-state index contributed by atoms with van der Waals surface area (Å²) < 4.78 is 0. The van der Waals surface area contributed by atoms with Crippen LogP contribution in [0.4, 0.5) is 0 Å². The van der Waals surface area contributed by atoms with Crippen LogP contribution in [0.5, 0.6) is 0 Å². The third-order valence-corrected chi connectivity index (χ3v) is 3.59. The molecule has 0 aliphatic heterocycles. The van der Waals surface area contributed by atoms with Crippen LogP contribution in [0, 0.1) is 10.8 Å². The molecule has 0 fully saturated rings. The molecule has 0 atom stereocenters. The summed E-state index contributed by atoms with van der Waals surface area (Å²) >= 11 is 0. The number of likely N-dealkylation sites (N-methyl/N-ethyl adjacent to an activating group) is 1. The highest BCUT2D eigenvalue weighted by molar-refractivity contribution is 5.22. The summed E-state index contributed by atoms with van der Waals surface area (Å²) in [4.78, 5) is 0. The second kappa shape index (κ2) is 10.3. The average Bonchev–Trinajstić information content (AvgIpc) is 2.46. The van der Waals surface area contributed by atoms with E-state index in [2.05, 4.69) is 83.8 Å². The zero-order valence-electron chi connectivity index (χ0n) is 16.4. The van der Waals surface area contributed by atoms with Gasteiger partial charge in [-0.05, 0) is 42.2 Å². The van der Waals surface area contributed by atoms with Gasteiger partial charge in [0.1, 0.15) is 0 Å². The van der Waals surface area contributed by atoms with Crippen molar-refractivity contribution in [2.24, 2.45) is 10.8 Å². The molecular weight excluding hydrogens is 278 g/mol. The molecule has 1 heteroatoms. The van der Waals surface area contributed by atoms with Crippen molar-refractivity contribution in [2.75, 3.05) is 7.05 Å². The van der Waals surface area contributed by atoms with Gasteiger partial charge in [0.25, 0.3) is 0 Å². The fourth-order valence-corrected chi connectivity index (χ4v) is 2.12. The van der Waals surface area contributed by atoms with Crippen molar-refractivity contribution in [3.05, 3.63) is 60.4 Å². The van der Waals surface area contributed by atoms with Gasteiger partial charge in [0, 0.05) is 12.7 Å². The van der Waals surface area contributed by atoms with E-state index in [0.717, 1.165) is 12.1 Å². The lowest BCUT2D eigenvalue weighted by molar-refractivity contribution is 0.420. The highest BCUT2D eigenvalue weighted by atomic mass is 14.8. The minimum absolute atomic E-state index is 0.365. The Morgan fingerprint density at radius 1 is 1.22 bits per heavy atom. The van der Waals surface area contributed by atoms with Gasteiger partial charge in [-0.1, -0.05) is 84.1 Å². The average molecular weight is 316 g/mol. The first kappa shape index (κ1) is 21.5. The highest BCUT2D eigenvalue weighted by Crippen LogP contribution is 2.30. The highest BCUT2D eigenvalue weighted by Gasteiger charge is 2.16. The lowest BCUT2D eigenvalue weighted by atomic mass is 9.82. The molecule has 0 heterocycles. The van der Waals surface area contributed by atoms with Gasteiger partial charge in [-0.3, -0.25) is 0 Å². The first-order valence-corrected chi connectivity index (χ1v) is 8.63. The Hall–Kier alpha value is -1.50. The van der Waals surface area contributed by atoms with Crippen LogP contribution in [0.25, 0.3) is 0 Å². The van der Waals surface area contributed by atoms with Gasteiger partial charge in [-0.25, -0.2) is 0 Å². The molecule has 0 aromatic carbocycles.